The van der Waals surface area contributed by atoms with Crippen molar-refractivity contribution in [2.45, 2.75) is 25.8 Å². The van der Waals surface area contributed by atoms with Crippen LogP contribution in [0.4, 0.5) is 0 Å². The molecule has 2 saturated heterocycles. The van der Waals surface area contributed by atoms with E-state index >= 15 is 0 Å². The summed E-state index contributed by atoms with van der Waals surface area (Å²) in [6.45, 7) is 4.45. The lowest BCUT2D eigenvalue weighted by Crippen LogP contribution is -2.62. The highest BCUT2D eigenvalue weighted by Gasteiger charge is 2.40. The summed E-state index contributed by atoms with van der Waals surface area (Å²) in [4.78, 5) is 11.9. The second-order valence-electron chi connectivity index (χ2n) is 5.56. The van der Waals surface area contributed by atoms with Crippen molar-refractivity contribution in [1.82, 2.24) is 19.2 Å². The van der Waals surface area contributed by atoms with E-state index in [1.807, 2.05) is 0 Å². The molecule has 0 radical (unpaired) electrons. The van der Waals surface area contributed by atoms with Gasteiger partial charge in [-0.3, -0.25) is 4.79 Å². The topological polar surface area (TPSA) is 81.8 Å². The number of nitrogens with one attached hydrogen (secondary N) is 2. The minimum Gasteiger partial charge on any atom is -0.358 e. The Hall–Kier alpha value is -0.700. The molecule has 8 heteroatoms. The summed E-state index contributed by atoms with van der Waals surface area (Å²) in [6, 6.07) is -0.656. The lowest BCUT2D eigenvalue weighted by atomic mass is 10.0. The average Bonchev–Trinajstić information content (AvgIpc) is 2.46. The van der Waals surface area contributed by atoms with Gasteiger partial charge >= 0.3 is 0 Å². The summed E-state index contributed by atoms with van der Waals surface area (Å²) >= 11 is 0. The highest BCUT2D eigenvalue weighted by Crippen LogP contribution is 2.22. The molecule has 20 heavy (non-hydrogen) atoms. The lowest BCUT2D eigenvalue weighted by Gasteiger charge is -2.39. The predicted octanol–water partition coefficient (Wildman–Crippen LogP) is -1.02. The Morgan fingerprint density at radius 3 is 2.75 bits per heavy atom. The predicted molar refractivity (Wildman–Crippen MR) is 76.3 cm³/mol. The molecule has 2 fully saturated rings. The van der Waals surface area contributed by atoms with E-state index in [9.17, 15) is 13.2 Å². The van der Waals surface area contributed by atoms with E-state index in [2.05, 4.69) is 17.6 Å². The Labute approximate surface area is 120 Å². The van der Waals surface area contributed by atoms with Gasteiger partial charge in [0.05, 0.1) is 0 Å². The molecule has 0 aliphatic carbocycles. The Morgan fingerprint density at radius 2 is 2.10 bits per heavy atom. The molecule has 2 aliphatic heterocycles. The van der Waals surface area contributed by atoms with E-state index < -0.39 is 16.3 Å². The molecule has 2 heterocycles. The molecule has 0 bridgehead atoms. The van der Waals surface area contributed by atoms with Gasteiger partial charge in [-0.2, -0.15) is 17.0 Å². The molecule has 2 unspecified atom stereocenters. The van der Waals surface area contributed by atoms with Gasteiger partial charge in [-0.15, -0.1) is 0 Å². The van der Waals surface area contributed by atoms with Crippen LogP contribution in [0.3, 0.4) is 0 Å². The maximum absolute atomic E-state index is 12.8. The highest BCUT2D eigenvalue weighted by atomic mass is 32.2. The van der Waals surface area contributed by atoms with Crippen LogP contribution < -0.4 is 10.6 Å². The number of amides is 1. The molecule has 2 rings (SSSR count). The second-order valence-corrected chi connectivity index (χ2v) is 7.44. The summed E-state index contributed by atoms with van der Waals surface area (Å²) in [5.41, 5.74) is 0. The molecule has 0 aromatic heterocycles. The zero-order valence-corrected chi connectivity index (χ0v) is 12.9. The van der Waals surface area contributed by atoms with Crippen molar-refractivity contribution >= 4 is 16.1 Å². The van der Waals surface area contributed by atoms with Gasteiger partial charge in [0.25, 0.3) is 10.2 Å². The van der Waals surface area contributed by atoms with Crippen LogP contribution in [0.15, 0.2) is 0 Å². The van der Waals surface area contributed by atoms with Crippen molar-refractivity contribution in [3.8, 4) is 0 Å². The van der Waals surface area contributed by atoms with Gasteiger partial charge in [0.15, 0.2) is 0 Å². The van der Waals surface area contributed by atoms with Crippen LogP contribution in [0.2, 0.25) is 0 Å². The molecule has 2 aliphatic rings. The number of piperazine rings is 1. The smallest absolute Gasteiger partial charge is 0.282 e. The van der Waals surface area contributed by atoms with E-state index in [0.717, 1.165) is 12.8 Å². The van der Waals surface area contributed by atoms with Gasteiger partial charge in [-0.1, -0.05) is 6.92 Å². The molecule has 0 spiro atoms. The molecule has 0 aromatic carbocycles. The molecule has 2 N–H and O–H groups in total. The molecular weight excluding hydrogens is 280 g/mol. The summed E-state index contributed by atoms with van der Waals surface area (Å²) in [6.07, 6.45) is 1.95. The van der Waals surface area contributed by atoms with Gasteiger partial charge in [-0.25, -0.2) is 0 Å². The van der Waals surface area contributed by atoms with E-state index in [0.29, 0.717) is 38.6 Å². The average molecular weight is 304 g/mol. The summed E-state index contributed by atoms with van der Waals surface area (Å²) in [7, 11) is -2.02. The van der Waals surface area contributed by atoms with Crippen LogP contribution in [-0.4, -0.2) is 68.7 Å². The van der Waals surface area contributed by atoms with Gasteiger partial charge in [0.1, 0.15) is 6.04 Å². The number of piperidine rings is 1. The number of nitrogens with zero attached hydrogens (tertiary/aromatic N) is 2. The van der Waals surface area contributed by atoms with Crippen molar-refractivity contribution in [3.05, 3.63) is 0 Å². The number of hydrogen-bond acceptors (Lipinski definition) is 4. The quantitative estimate of drug-likeness (QED) is 0.699. The third kappa shape index (κ3) is 3.13. The van der Waals surface area contributed by atoms with Gasteiger partial charge in [0, 0.05) is 39.8 Å². The van der Waals surface area contributed by atoms with Crippen LogP contribution in [0.1, 0.15) is 19.8 Å². The second kappa shape index (κ2) is 6.38. The van der Waals surface area contributed by atoms with Crippen molar-refractivity contribution in [2.75, 3.05) is 39.8 Å². The molecule has 116 valence electrons. The number of hydrogen-bond donors (Lipinski definition) is 2. The highest BCUT2D eigenvalue weighted by molar-refractivity contribution is 7.86. The Morgan fingerprint density at radius 1 is 1.35 bits per heavy atom. The van der Waals surface area contributed by atoms with Crippen LogP contribution in [0.25, 0.3) is 0 Å². The number of likely N-dealkylation sites (N-methyl/N-ethyl adjacent to an activating group) is 1. The monoisotopic (exact) mass is 304 g/mol. The lowest BCUT2D eigenvalue weighted by molar-refractivity contribution is -0.124. The maximum Gasteiger partial charge on any atom is 0.282 e. The third-order valence-corrected chi connectivity index (χ3v) is 6.00. The zero-order chi connectivity index (χ0) is 14.8. The first-order chi connectivity index (χ1) is 9.46. The number of carbonyl (C=O) groups excluding carboxylic acids is 1. The first-order valence-corrected chi connectivity index (χ1v) is 8.55. The first kappa shape index (κ1) is 15.7. The Kier molecular flexibility index (Phi) is 5.00. The van der Waals surface area contributed by atoms with Crippen LogP contribution >= 0.6 is 0 Å². The van der Waals surface area contributed by atoms with E-state index in [4.69, 9.17) is 0 Å². The van der Waals surface area contributed by atoms with E-state index in [1.54, 1.807) is 0 Å². The van der Waals surface area contributed by atoms with Crippen LogP contribution in [0.5, 0.6) is 0 Å². The standard InChI is InChI=1S/C12H24N4O3S/c1-10-4-3-6-15(9-10)20(18,19)16-7-5-14-8-11(16)12(17)13-2/h10-11,14H,3-9H2,1-2H3,(H,13,17). The zero-order valence-electron chi connectivity index (χ0n) is 12.1. The van der Waals surface area contributed by atoms with Crippen LogP contribution in [0, 0.1) is 5.92 Å². The van der Waals surface area contributed by atoms with Gasteiger partial charge in [0.2, 0.25) is 5.91 Å². The minimum absolute atomic E-state index is 0.258. The summed E-state index contributed by atoms with van der Waals surface area (Å²) < 4.78 is 28.4. The largest absolute Gasteiger partial charge is 0.358 e. The van der Waals surface area contributed by atoms with E-state index in [-0.39, 0.29) is 5.91 Å². The third-order valence-electron chi connectivity index (χ3n) is 3.99. The number of carbonyl (C=O) groups is 1. The fraction of sp³-hybridized carbons (Fsp3) is 0.917. The fourth-order valence-electron chi connectivity index (χ4n) is 2.86. The summed E-state index contributed by atoms with van der Waals surface area (Å²) in [5.74, 6) is 0.116. The van der Waals surface area contributed by atoms with Crippen molar-refractivity contribution in [2.24, 2.45) is 5.92 Å². The van der Waals surface area contributed by atoms with Crippen molar-refractivity contribution in [3.63, 3.8) is 0 Å². The van der Waals surface area contributed by atoms with E-state index in [1.165, 1.54) is 15.7 Å². The maximum atomic E-state index is 12.8. The molecule has 2 atom stereocenters. The van der Waals surface area contributed by atoms with Gasteiger partial charge in [-0.05, 0) is 18.8 Å². The van der Waals surface area contributed by atoms with Crippen LogP contribution in [-0.2, 0) is 15.0 Å². The number of rotatable bonds is 3. The minimum atomic E-state index is -3.56. The Bertz CT molecular complexity index is 454. The Balaban J connectivity index is 2.19. The SMILES string of the molecule is CNC(=O)C1CNCCN1S(=O)(=O)N1CCCC(C)C1. The molecule has 1 amide bonds. The molecular formula is C12H24N4O3S. The first-order valence-electron chi connectivity index (χ1n) is 7.16. The van der Waals surface area contributed by atoms with Crippen molar-refractivity contribution in [1.29, 1.82) is 0 Å². The fourth-order valence-corrected chi connectivity index (χ4v) is 4.77. The molecule has 7 nitrogen and oxygen atoms in total. The normalized spacial score (nSPS) is 30.1. The van der Waals surface area contributed by atoms with Crippen molar-refractivity contribution < 1.29 is 13.2 Å². The molecule has 0 saturated carbocycles. The summed E-state index contributed by atoms with van der Waals surface area (Å²) in [5, 5.41) is 5.62. The van der Waals surface area contributed by atoms with Gasteiger partial charge < -0.3 is 10.6 Å². The molecule has 0 aromatic rings.